The second-order valence-electron chi connectivity index (χ2n) is 5.91. The third kappa shape index (κ3) is 5.86. The van der Waals surface area contributed by atoms with Crippen LogP contribution in [0.4, 0.5) is 0 Å². The van der Waals surface area contributed by atoms with Crippen LogP contribution < -0.4 is 0 Å². The molecule has 0 spiro atoms. The molecular weight excluding hydrogens is 220 g/mol. The summed E-state index contributed by atoms with van der Waals surface area (Å²) in [6, 6.07) is 0. The molecule has 18 heavy (non-hydrogen) atoms. The second-order valence-corrected chi connectivity index (χ2v) is 5.91. The Balaban J connectivity index is 2.68. The first-order valence-corrected chi connectivity index (χ1v) is 7.51. The zero-order valence-corrected chi connectivity index (χ0v) is 12.7. The van der Waals surface area contributed by atoms with Crippen LogP contribution in [0.15, 0.2) is 23.3 Å². The summed E-state index contributed by atoms with van der Waals surface area (Å²) < 4.78 is 6.00. The maximum Gasteiger partial charge on any atom is 0.0657 e. The highest BCUT2D eigenvalue weighted by Gasteiger charge is 2.23. The molecule has 0 fully saturated rings. The lowest BCUT2D eigenvalue weighted by Gasteiger charge is -2.30. The molecule has 1 unspecified atom stereocenters. The van der Waals surface area contributed by atoms with Gasteiger partial charge >= 0.3 is 0 Å². The van der Waals surface area contributed by atoms with Gasteiger partial charge in [0.25, 0.3) is 0 Å². The van der Waals surface area contributed by atoms with E-state index in [1.165, 1.54) is 49.7 Å². The first-order chi connectivity index (χ1) is 8.56. The van der Waals surface area contributed by atoms with Gasteiger partial charge in [-0.3, -0.25) is 0 Å². The first kappa shape index (κ1) is 15.5. The van der Waals surface area contributed by atoms with Crippen molar-refractivity contribution in [1.29, 1.82) is 0 Å². The molecule has 0 heterocycles. The molecule has 1 rings (SSSR count). The van der Waals surface area contributed by atoms with E-state index in [1.807, 2.05) is 0 Å². The van der Waals surface area contributed by atoms with Crippen LogP contribution in [0.2, 0.25) is 0 Å². The Kier molecular flexibility index (Phi) is 6.70. The fraction of sp³-hybridized carbons (Fsp3) is 0.765. The van der Waals surface area contributed by atoms with Gasteiger partial charge in [0.2, 0.25) is 0 Å². The van der Waals surface area contributed by atoms with E-state index in [4.69, 9.17) is 4.74 Å². The topological polar surface area (TPSA) is 9.23 Å². The zero-order valence-electron chi connectivity index (χ0n) is 12.7. The Labute approximate surface area is 113 Å². The Hall–Kier alpha value is -0.560. The largest absolute Gasteiger partial charge is 0.376 e. The number of allylic oxidation sites excluding steroid dienone is 4. The molecule has 0 N–H and O–H groups in total. The van der Waals surface area contributed by atoms with Crippen molar-refractivity contribution in [1.82, 2.24) is 0 Å². The summed E-state index contributed by atoms with van der Waals surface area (Å²) >= 11 is 0. The minimum Gasteiger partial charge on any atom is -0.376 e. The number of rotatable bonds is 2. The van der Waals surface area contributed by atoms with Gasteiger partial charge in [-0.2, -0.15) is 0 Å². The third-order valence-electron chi connectivity index (χ3n) is 3.97. The van der Waals surface area contributed by atoms with Gasteiger partial charge in [0, 0.05) is 6.61 Å². The van der Waals surface area contributed by atoms with Crippen LogP contribution in [-0.4, -0.2) is 12.2 Å². The van der Waals surface area contributed by atoms with Crippen LogP contribution in [0.1, 0.15) is 72.6 Å². The van der Waals surface area contributed by atoms with Crippen LogP contribution in [0.3, 0.4) is 0 Å². The Morgan fingerprint density at radius 3 is 2.44 bits per heavy atom. The third-order valence-corrected chi connectivity index (χ3v) is 3.97. The van der Waals surface area contributed by atoms with Gasteiger partial charge in [-0.1, -0.05) is 23.3 Å². The minimum absolute atomic E-state index is 0.0742. The molecule has 1 aliphatic carbocycles. The van der Waals surface area contributed by atoms with Crippen molar-refractivity contribution < 1.29 is 4.74 Å². The molecule has 0 aromatic heterocycles. The van der Waals surface area contributed by atoms with Crippen molar-refractivity contribution in [2.45, 2.75) is 78.2 Å². The predicted molar refractivity (Wildman–Crippen MR) is 79.9 cm³/mol. The molecule has 0 radical (unpaired) electrons. The maximum atomic E-state index is 6.00. The normalized spacial score (nSPS) is 33.6. The van der Waals surface area contributed by atoms with Crippen molar-refractivity contribution in [3.05, 3.63) is 23.3 Å². The fourth-order valence-corrected chi connectivity index (χ4v) is 2.65. The van der Waals surface area contributed by atoms with Crippen molar-refractivity contribution in [3.8, 4) is 0 Å². The Morgan fingerprint density at radius 2 is 1.72 bits per heavy atom. The van der Waals surface area contributed by atoms with E-state index in [9.17, 15) is 0 Å². The van der Waals surface area contributed by atoms with Crippen molar-refractivity contribution >= 4 is 0 Å². The summed E-state index contributed by atoms with van der Waals surface area (Å²) in [6.07, 6.45) is 13.2. The van der Waals surface area contributed by atoms with Crippen molar-refractivity contribution in [2.24, 2.45) is 0 Å². The zero-order chi connectivity index (χ0) is 13.4. The van der Waals surface area contributed by atoms with Crippen LogP contribution in [0.25, 0.3) is 0 Å². The SMILES string of the molecule is CCOC1(C)CCC/C=C(/C)CC/C=C(/C)CC1. The molecule has 104 valence electrons. The van der Waals surface area contributed by atoms with E-state index in [0.29, 0.717) is 0 Å². The van der Waals surface area contributed by atoms with Crippen LogP contribution in [0.5, 0.6) is 0 Å². The summed E-state index contributed by atoms with van der Waals surface area (Å²) in [5.41, 5.74) is 3.14. The van der Waals surface area contributed by atoms with E-state index in [1.54, 1.807) is 0 Å². The molecular formula is C17H30O. The standard InChI is InChI=1S/C17H30O/c1-5-18-17(4)13-7-6-9-15(2)10-8-11-16(3)12-14-17/h9,11H,5-8,10,12-14H2,1-4H3/b15-9-,16-11-. The van der Waals surface area contributed by atoms with Crippen molar-refractivity contribution in [2.75, 3.05) is 6.61 Å². The van der Waals surface area contributed by atoms with E-state index in [2.05, 4.69) is 39.8 Å². The van der Waals surface area contributed by atoms with Gasteiger partial charge in [0.1, 0.15) is 0 Å². The molecule has 0 aliphatic heterocycles. The van der Waals surface area contributed by atoms with E-state index in [0.717, 1.165) is 13.0 Å². The number of ether oxygens (including phenoxy) is 1. The highest BCUT2D eigenvalue weighted by molar-refractivity contribution is 5.05. The molecule has 0 aromatic rings. The summed E-state index contributed by atoms with van der Waals surface area (Å²) in [7, 11) is 0. The molecule has 0 saturated heterocycles. The molecule has 1 aliphatic rings. The first-order valence-electron chi connectivity index (χ1n) is 7.51. The number of hydrogen-bond donors (Lipinski definition) is 0. The fourth-order valence-electron chi connectivity index (χ4n) is 2.65. The number of hydrogen-bond acceptors (Lipinski definition) is 1. The average Bonchev–Trinajstić information content (AvgIpc) is 2.32. The Morgan fingerprint density at radius 1 is 1.06 bits per heavy atom. The Bertz CT molecular complexity index is 301. The molecule has 0 amide bonds. The quantitative estimate of drug-likeness (QED) is 0.595. The molecule has 1 heteroatoms. The molecule has 1 atom stereocenters. The monoisotopic (exact) mass is 250 g/mol. The van der Waals surface area contributed by atoms with E-state index in [-0.39, 0.29) is 5.60 Å². The van der Waals surface area contributed by atoms with Crippen molar-refractivity contribution in [3.63, 3.8) is 0 Å². The van der Waals surface area contributed by atoms with E-state index >= 15 is 0 Å². The lowest BCUT2D eigenvalue weighted by Crippen LogP contribution is -2.29. The summed E-state index contributed by atoms with van der Waals surface area (Å²) in [4.78, 5) is 0. The predicted octanol–water partition coefficient (Wildman–Crippen LogP) is 5.42. The van der Waals surface area contributed by atoms with Crippen LogP contribution in [0, 0.1) is 0 Å². The molecule has 0 bridgehead atoms. The van der Waals surface area contributed by atoms with Crippen LogP contribution >= 0.6 is 0 Å². The molecule has 0 saturated carbocycles. The van der Waals surface area contributed by atoms with Gasteiger partial charge in [-0.15, -0.1) is 0 Å². The van der Waals surface area contributed by atoms with Gasteiger partial charge in [0.15, 0.2) is 0 Å². The molecule has 0 aromatic carbocycles. The van der Waals surface area contributed by atoms with Gasteiger partial charge < -0.3 is 4.74 Å². The average molecular weight is 250 g/mol. The lowest BCUT2D eigenvalue weighted by atomic mass is 9.90. The maximum absolute atomic E-state index is 6.00. The van der Waals surface area contributed by atoms with Crippen LogP contribution in [-0.2, 0) is 4.74 Å². The minimum atomic E-state index is 0.0742. The summed E-state index contributed by atoms with van der Waals surface area (Å²) in [5.74, 6) is 0. The lowest BCUT2D eigenvalue weighted by molar-refractivity contribution is -0.0379. The molecule has 1 nitrogen and oxygen atoms in total. The highest BCUT2D eigenvalue weighted by Crippen LogP contribution is 2.27. The van der Waals surface area contributed by atoms with Gasteiger partial charge in [-0.25, -0.2) is 0 Å². The second kappa shape index (κ2) is 7.78. The highest BCUT2D eigenvalue weighted by atomic mass is 16.5. The summed E-state index contributed by atoms with van der Waals surface area (Å²) in [5, 5.41) is 0. The summed E-state index contributed by atoms with van der Waals surface area (Å²) in [6.45, 7) is 9.74. The van der Waals surface area contributed by atoms with E-state index < -0.39 is 0 Å². The smallest absolute Gasteiger partial charge is 0.0657 e. The van der Waals surface area contributed by atoms with Gasteiger partial charge in [0.05, 0.1) is 5.60 Å². The van der Waals surface area contributed by atoms with Gasteiger partial charge in [-0.05, 0) is 72.6 Å².